The van der Waals surface area contributed by atoms with E-state index in [1.165, 1.54) is 23.5 Å². The average molecular weight is 408 g/mol. The third-order valence-electron chi connectivity index (χ3n) is 4.07. The standard InChI is InChI=1S/C18H11F3N2O2S2/c19-18(20,21)10-5-1-3-7-12(10)23-15(24)9-14(16(23)25)27-17-22-11-6-2-4-8-13(11)26-17/h1-8,14H,9H2/t14-/m0/s1. The number of thioether (sulfide) groups is 1. The van der Waals surface area contributed by atoms with E-state index in [0.29, 0.717) is 9.24 Å². The zero-order valence-corrected chi connectivity index (χ0v) is 15.2. The van der Waals surface area contributed by atoms with Gasteiger partial charge in [0.2, 0.25) is 11.8 Å². The van der Waals surface area contributed by atoms with Gasteiger partial charge in [-0.15, -0.1) is 11.3 Å². The van der Waals surface area contributed by atoms with E-state index in [1.54, 1.807) is 0 Å². The van der Waals surface area contributed by atoms with E-state index < -0.39 is 34.5 Å². The Kier molecular flexibility index (Phi) is 4.43. The van der Waals surface area contributed by atoms with Crippen molar-refractivity contribution in [1.82, 2.24) is 4.98 Å². The Morgan fingerprint density at radius 3 is 2.52 bits per heavy atom. The minimum absolute atomic E-state index is 0.161. The number of nitrogens with zero attached hydrogens (tertiary/aromatic N) is 2. The molecule has 0 radical (unpaired) electrons. The molecule has 4 rings (SSSR count). The summed E-state index contributed by atoms with van der Waals surface area (Å²) in [5.74, 6) is -1.30. The van der Waals surface area contributed by atoms with Crippen molar-refractivity contribution in [3.63, 3.8) is 0 Å². The number of hydrogen-bond donors (Lipinski definition) is 0. The van der Waals surface area contributed by atoms with Gasteiger partial charge in [0, 0.05) is 6.42 Å². The number of benzene rings is 2. The summed E-state index contributed by atoms with van der Waals surface area (Å²) in [6, 6.07) is 12.1. The summed E-state index contributed by atoms with van der Waals surface area (Å²) in [5.41, 5.74) is -0.647. The van der Waals surface area contributed by atoms with Crippen molar-refractivity contribution < 1.29 is 22.8 Å². The highest BCUT2D eigenvalue weighted by molar-refractivity contribution is 8.02. The lowest BCUT2D eigenvalue weighted by Crippen LogP contribution is -2.33. The maximum absolute atomic E-state index is 13.3. The van der Waals surface area contributed by atoms with Crippen LogP contribution in [0.1, 0.15) is 12.0 Å². The predicted molar refractivity (Wildman–Crippen MR) is 97.8 cm³/mol. The summed E-state index contributed by atoms with van der Waals surface area (Å²) >= 11 is 2.50. The smallest absolute Gasteiger partial charge is 0.274 e. The molecular weight excluding hydrogens is 397 g/mol. The first kappa shape index (κ1) is 18.0. The van der Waals surface area contributed by atoms with Gasteiger partial charge < -0.3 is 0 Å². The first-order valence-corrected chi connectivity index (χ1v) is 9.59. The molecule has 2 heterocycles. The molecule has 1 aliphatic rings. The van der Waals surface area contributed by atoms with Crippen LogP contribution in [0.3, 0.4) is 0 Å². The number of para-hydroxylation sites is 2. The van der Waals surface area contributed by atoms with Gasteiger partial charge in [-0.25, -0.2) is 9.88 Å². The zero-order chi connectivity index (χ0) is 19.2. The molecule has 1 saturated heterocycles. The number of halogens is 3. The molecule has 138 valence electrons. The largest absolute Gasteiger partial charge is 0.418 e. The number of thiazole rings is 1. The van der Waals surface area contributed by atoms with Crippen LogP contribution in [0.4, 0.5) is 18.9 Å². The maximum Gasteiger partial charge on any atom is 0.418 e. The van der Waals surface area contributed by atoms with E-state index >= 15 is 0 Å². The van der Waals surface area contributed by atoms with Crippen molar-refractivity contribution >= 4 is 50.8 Å². The Morgan fingerprint density at radius 2 is 1.78 bits per heavy atom. The molecule has 1 fully saturated rings. The minimum atomic E-state index is -4.66. The molecule has 3 aromatic rings. The zero-order valence-electron chi connectivity index (χ0n) is 13.6. The SMILES string of the molecule is O=C1C[C@H](Sc2nc3ccccc3s2)C(=O)N1c1ccccc1C(F)(F)F. The van der Waals surface area contributed by atoms with Gasteiger partial charge in [-0.05, 0) is 24.3 Å². The van der Waals surface area contributed by atoms with Crippen LogP contribution in [-0.4, -0.2) is 22.0 Å². The Morgan fingerprint density at radius 1 is 1.07 bits per heavy atom. The van der Waals surface area contributed by atoms with Crippen LogP contribution < -0.4 is 4.90 Å². The second-order valence-electron chi connectivity index (χ2n) is 5.84. The number of anilines is 1. The normalized spacial score (nSPS) is 17.9. The number of carbonyl (C=O) groups excluding carboxylic acids is 2. The molecule has 1 aromatic heterocycles. The lowest BCUT2D eigenvalue weighted by molar-refractivity contribution is -0.137. The van der Waals surface area contributed by atoms with Crippen LogP contribution in [0.15, 0.2) is 52.9 Å². The number of hydrogen-bond acceptors (Lipinski definition) is 5. The van der Waals surface area contributed by atoms with Gasteiger partial charge in [0.15, 0.2) is 4.34 Å². The van der Waals surface area contributed by atoms with E-state index in [9.17, 15) is 22.8 Å². The molecule has 0 aliphatic carbocycles. The van der Waals surface area contributed by atoms with E-state index in [1.807, 2.05) is 24.3 Å². The number of amides is 2. The molecule has 2 amide bonds. The maximum atomic E-state index is 13.3. The molecule has 27 heavy (non-hydrogen) atoms. The molecule has 0 saturated carbocycles. The van der Waals surface area contributed by atoms with Crippen molar-refractivity contribution in [3.05, 3.63) is 54.1 Å². The second-order valence-corrected chi connectivity index (χ2v) is 8.32. The highest BCUT2D eigenvalue weighted by Crippen LogP contribution is 2.41. The predicted octanol–water partition coefficient (Wildman–Crippen LogP) is 4.74. The summed E-state index contributed by atoms with van der Waals surface area (Å²) < 4.78 is 41.3. The van der Waals surface area contributed by atoms with Crippen molar-refractivity contribution in [3.8, 4) is 0 Å². The molecule has 1 aliphatic heterocycles. The molecule has 0 spiro atoms. The van der Waals surface area contributed by atoms with E-state index in [4.69, 9.17) is 0 Å². The lowest BCUT2D eigenvalue weighted by atomic mass is 10.1. The average Bonchev–Trinajstić information content (AvgIpc) is 3.14. The second kappa shape index (κ2) is 6.65. The molecular formula is C18H11F3N2O2S2. The fraction of sp³-hybridized carbons (Fsp3) is 0.167. The molecule has 1 atom stereocenters. The van der Waals surface area contributed by atoms with Crippen LogP contribution in [0.25, 0.3) is 10.2 Å². The monoisotopic (exact) mass is 408 g/mol. The Bertz CT molecular complexity index is 1020. The number of rotatable bonds is 3. The van der Waals surface area contributed by atoms with E-state index in [0.717, 1.165) is 34.1 Å². The van der Waals surface area contributed by atoms with Crippen LogP contribution in [0.5, 0.6) is 0 Å². The van der Waals surface area contributed by atoms with Crippen LogP contribution in [0.2, 0.25) is 0 Å². The molecule has 0 unspecified atom stereocenters. The number of aromatic nitrogens is 1. The van der Waals surface area contributed by atoms with Crippen molar-refractivity contribution in [1.29, 1.82) is 0 Å². The van der Waals surface area contributed by atoms with E-state index in [2.05, 4.69) is 4.98 Å². The van der Waals surface area contributed by atoms with Gasteiger partial charge in [-0.2, -0.15) is 13.2 Å². The highest BCUT2D eigenvalue weighted by Gasteiger charge is 2.44. The first-order valence-electron chi connectivity index (χ1n) is 7.90. The van der Waals surface area contributed by atoms with Crippen LogP contribution in [-0.2, 0) is 15.8 Å². The van der Waals surface area contributed by atoms with Gasteiger partial charge in [-0.3, -0.25) is 9.59 Å². The molecule has 9 heteroatoms. The van der Waals surface area contributed by atoms with Gasteiger partial charge in [-0.1, -0.05) is 36.0 Å². The Labute approximate surface area is 160 Å². The van der Waals surface area contributed by atoms with Gasteiger partial charge >= 0.3 is 6.18 Å². The van der Waals surface area contributed by atoms with Crippen molar-refractivity contribution in [2.45, 2.75) is 22.2 Å². The molecule has 2 aromatic carbocycles. The van der Waals surface area contributed by atoms with E-state index in [-0.39, 0.29) is 6.42 Å². The minimum Gasteiger partial charge on any atom is -0.274 e. The topological polar surface area (TPSA) is 50.3 Å². The fourth-order valence-electron chi connectivity index (χ4n) is 2.88. The Hall–Kier alpha value is -2.39. The van der Waals surface area contributed by atoms with Crippen LogP contribution >= 0.6 is 23.1 Å². The van der Waals surface area contributed by atoms with Crippen LogP contribution in [0, 0.1) is 0 Å². The fourth-order valence-corrected chi connectivity index (χ4v) is 5.21. The quantitative estimate of drug-likeness (QED) is 0.588. The van der Waals surface area contributed by atoms with Gasteiger partial charge in [0.25, 0.3) is 0 Å². The molecule has 0 N–H and O–H groups in total. The summed E-state index contributed by atoms with van der Waals surface area (Å²) in [7, 11) is 0. The van der Waals surface area contributed by atoms with Gasteiger partial charge in [0.1, 0.15) is 5.25 Å². The third-order valence-corrected chi connectivity index (χ3v) is 6.39. The van der Waals surface area contributed by atoms with Gasteiger partial charge in [0.05, 0.1) is 21.5 Å². The molecule has 0 bridgehead atoms. The highest BCUT2D eigenvalue weighted by atomic mass is 32.2. The third kappa shape index (κ3) is 3.32. The number of carbonyl (C=O) groups is 2. The number of fused-ring (bicyclic) bond motifs is 1. The van der Waals surface area contributed by atoms with Crippen molar-refractivity contribution in [2.24, 2.45) is 0 Å². The number of alkyl halides is 3. The number of imide groups is 1. The summed E-state index contributed by atoms with van der Waals surface area (Å²) in [4.78, 5) is 30.1. The summed E-state index contributed by atoms with van der Waals surface area (Å²) in [6.07, 6.45) is -4.82. The summed E-state index contributed by atoms with van der Waals surface area (Å²) in [5, 5.41) is -0.792. The first-order chi connectivity index (χ1) is 12.8. The van der Waals surface area contributed by atoms with Crippen molar-refractivity contribution in [2.75, 3.05) is 4.90 Å². The Balaban J connectivity index is 1.63. The lowest BCUT2D eigenvalue weighted by Gasteiger charge is -2.19. The molecule has 4 nitrogen and oxygen atoms in total. The summed E-state index contributed by atoms with van der Waals surface area (Å²) in [6.45, 7) is 0.